The van der Waals surface area contributed by atoms with Crippen molar-refractivity contribution in [1.29, 1.82) is 5.26 Å². The minimum Gasteiger partial charge on any atom is -0.457 e. The molecule has 2 aromatic carbocycles. The van der Waals surface area contributed by atoms with Crippen molar-refractivity contribution in [2.24, 2.45) is 5.41 Å². The topological polar surface area (TPSA) is 76.2 Å². The molecular weight excluding hydrogens is 352 g/mol. The second kappa shape index (κ2) is 7.53. The first-order valence-corrected chi connectivity index (χ1v) is 8.86. The summed E-state index contributed by atoms with van der Waals surface area (Å²) in [5.41, 5.74) is 2.57. The Kier molecular flexibility index (Phi) is 5.14. The van der Waals surface area contributed by atoms with Gasteiger partial charge < -0.3 is 4.74 Å². The zero-order valence-corrected chi connectivity index (χ0v) is 16.0. The predicted molar refractivity (Wildman–Crippen MR) is 109 cm³/mol. The smallest absolute Gasteiger partial charge is 0.269 e. The zero-order valence-electron chi connectivity index (χ0n) is 16.0. The average Bonchev–Trinajstić information content (AvgIpc) is 2.67. The van der Waals surface area contributed by atoms with E-state index in [-0.39, 0.29) is 11.1 Å². The molecule has 0 saturated carbocycles. The quantitative estimate of drug-likeness (QED) is 0.381. The van der Waals surface area contributed by atoms with Crippen LogP contribution in [0.2, 0.25) is 0 Å². The van der Waals surface area contributed by atoms with Crippen molar-refractivity contribution in [3.05, 3.63) is 93.8 Å². The molecule has 0 N–H and O–H groups in total. The number of ether oxygens (including phenoxy) is 1. The number of benzene rings is 2. The summed E-state index contributed by atoms with van der Waals surface area (Å²) < 4.78 is 5.98. The van der Waals surface area contributed by atoms with Crippen molar-refractivity contribution in [2.45, 2.75) is 20.8 Å². The SMILES string of the molecule is CC(C)(C)/C=C/C1=CC(=C(/C#N)c2ccc([N+](=O)[O-])cc2)/c2ccccc2O1. The van der Waals surface area contributed by atoms with Crippen LogP contribution < -0.4 is 4.74 Å². The van der Waals surface area contributed by atoms with Crippen molar-refractivity contribution in [2.75, 3.05) is 0 Å². The molecule has 0 unspecified atom stereocenters. The van der Waals surface area contributed by atoms with E-state index in [9.17, 15) is 15.4 Å². The van der Waals surface area contributed by atoms with Crippen LogP contribution in [0.1, 0.15) is 31.9 Å². The number of nitrogens with zero attached hydrogens (tertiary/aromatic N) is 2. The molecule has 2 aromatic rings. The van der Waals surface area contributed by atoms with Crippen molar-refractivity contribution >= 4 is 16.8 Å². The number of nitro benzene ring substituents is 1. The van der Waals surface area contributed by atoms with Crippen LogP contribution >= 0.6 is 0 Å². The Morgan fingerprint density at radius 3 is 2.43 bits per heavy atom. The van der Waals surface area contributed by atoms with Gasteiger partial charge in [0.2, 0.25) is 0 Å². The normalized spacial score (nSPS) is 15.3. The van der Waals surface area contributed by atoms with Crippen LogP contribution in [0.15, 0.2) is 72.5 Å². The first kappa shape index (κ1) is 19.1. The van der Waals surface area contributed by atoms with E-state index in [1.807, 2.05) is 42.5 Å². The lowest BCUT2D eigenvalue weighted by Crippen LogP contribution is -2.05. The second-order valence-electron chi connectivity index (χ2n) is 7.55. The molecule has 3 rings (SSSR count). The van der Waals surface area contributed by atoms with Crippen LogP contribution in [0, 0.1) is 26.9 Å². The van der Waals surface area contributed by atoms with Gasteiger partial charge in [-0.3, -0.25) is 10.1 Å². The average molecular weight is 372 g/mol. The van der Waals surface area contributed by atoms with Gasteiger partial charge in [0.1, 0.15) is 17.6 Å². The minimum absolute atomic E-state index is 0.0113. The Labute approximate surface area is 164 Å². The highest BCUT2D eigenvalue weighted by molar-refractivity contribution is 6.03. The van der Waals surface area contributed by atoms with Gasteiger partial charge in [-0.1, -0.05) is 45.0 Å². The molecule has 0 bridgehead atoms. The standard InChI is InChI=1S/C23H20N2O3/c1-23(2,3)13-12-18-14-20(19-6-4-5-7-22(19)28-18)21(15-24)16-8-10-17(11-9-16)25(26)27/h4-14H,1-3H3/b13-12+,21-20+. The molecule has 5 heteroatoms. The van der Waals surface area contributed by atoms with E-state index in [0.717, 1.165) is 11.1 Å². The van der Waals surface area contributed by atoms with Crippen LogP contribution in [0.5, 0.6) is 5.75 Å². The molecule has 0 atom stereocenters. The van der Waals surface area contributed by atoms with E-state index in [4.69, 9.17) is 4.74 Å². The van der Waals surface area contributed by atoms with Gasteiger partial charge in [-0.2, -0.15) is 5.26 Å². The summed E-state index contributed by atoms with van der Waals surface area (Å²) in [6.07, 6.45) is 5.79. The van der Waals surface area contributed by atoms with E-state index < -0.39 is 4.92 Å². The molecule has 0 aliphatic carbocycles. The fourth-order valence-electron chi connectivity index (χ4n) is 2.81. The number of para-hydroxylation sites is 1. The number of hydrogen-bond acceptors (Lipinski definition) is 4. The summed E-state index contributed by atoms with van der Waals surface area (Å²) >= 11 is 0. The van der Waals surface area contributed by atoms with Gasteiger partial charge in [-0.15, -0.1) is 0 Å². The highest BCUT2D eigenvalue weighted by Gasteiger charge is 2.20. The van der Waals surface area contributed by atoms with Gasteiger partial charge in [-0.25, -0.2) is 0 Å². The molecule has 1 heterocycles. The summed E-state index contributed by atoms with van der Waals surface area (Å²) in [5, 5.41) is 20.8. The van der Waals surface area contributed by atoms with Crippen molar-refractivity contribution in [1.82, 2.24) is 0 Å². The molecular formula is C23H20N2O3. The first-order valence-electron chi connectivity index (χ1n) is 8.86. The number of rotatable bonds is 3. The largest absolute Gasteiger partial charge is 0.457 e. The maximum atomic E-state index is 10.9. The molecule has 0 fully saturated rings. The number of hydrogen-bond donors (Lipinski definition) is 0. The molecule has 0 spiro atoms. The lowest BCUT2D eigenvalue weighted by Gasteiger charge is -2.20. The zero-order chi connectivity index (χ0) is 20.3. The Bertz CT molecular complexity index is 1050. The van der Waals surface area contributed by atoms with E-state index >= 15 is 0 Å². The van der Waals surface area contributed by atoms with Gasteiger partial charge in [0.25, 0.3) is 5.69 Å². The summed E-state index contributed by atoms with van der Waals surface area (Å²) in [6, 6.07) is 15.8. The number of nitro groups is 1. The van der Waals surface area contributed by atoms with E-state index in [1.165, 1.54) is 12.1 Å². The first-order chi connectivity index (χ1) is 13.3. The highest BCUT2D eigenvalue weighted by atomic mass is 16.6. The highest BCUT2D eigenvalue weighted by Crippen LogP contribution is 2.38. The number of allylic oxidation sites excluding steroid dienone is 5. The molecule has 0 aromatic heterocycles. The maximum absolute atomic E-state index is 10.9. The molecule has 0 amide bonds. The molecule has 0 saturated heterocycles. The monoisotopic (exact) mass is 372 g/mol. The Morgan fingerprint density at radius 2 is 1.82 bits per heavy atom. The van der Waals surface area contributed by atoms with Crippen molar-refractivity contribution in [3.63, 3.8) is 0 Å². The van der Waals surface area contributed by atoms with Crippen LogP contribution in [0.4, 0.5) is 5.69 Å². The third-order valence-electron chi connectivity index (χ3n) is 4.19. The van der Waals surface area contributed by atoms with Crippen molar-refractivity contribution < 1.29 is 9.66 Å². The molecule has 1 aliphatic heterocycles. The number of nitriles is 1. The second-order valence-corrected chi connectivity index (χ2v) is 7.55. The molecule has 0 radical (unpaired) electrons. The third kappa shape index (κ3) is 4.18. The number of non-ortho nitro benzene ring substituents is 1. The predicted octanol–water partition coefficient (Wildman–Crippen LogP) is 5.91. The summed E-state index contributed by atoms with van der Waals surface area (Å²) in [4.78, 5) is 10.5. The fourth-order valence-corrected chi connectivity index (χ4v) is 2.81. The van der Waals surface area contributed by atoms with Crippen LogP contribution in [0.3, 0.4) is 0 Å². The lowest BCUT2D eigenvalue weighted by atomic mass is 9.92. The van der Waals surface area contributed by atoms with Gasteiger partial charge in [0.15, 0.2) is 0 Å². The summed E-state index contributed by atoms with van der Waals surface area (Å²) in [5.74, 6) is 1.31. The van der Waals surface area contributed by atoms with E-state index in [2.05, 4.69) is 26.8 Å². The third-order valence-corrected chi connectivity index (χ3v) is 4.19. The minimum atomic E-state index is -0.456. The Hall–Kier alpha value is -3.65. The summed E-state index contributed by atoms with van der Waals surface area (Å²) in [7, 11) is 0. The van der Waals surface area contributed by atoms with Gasteiger partial charge >= 0.3 is 0 Å². The van der Waals surface area contributed by atoms with Crippen LogP contribution in [0.25, 0.3) is 11.1 Å². The number of fused-ring (bicyclic) bond motifs is 1. The van der Waals surface area contributed by atoms with Crippen molar-refractivity contribution in [3.8, 4) is 11.8 Å². The fraction of sp³-hybridized carbons (Fsp3) is 0.174. The maximum Gasteiger partial charge on any atom is 0.269 e. The van der Waals surface area contributed by atoms with Crippen LogP contribution in [-0.2, 0) is 0 Å². The van der Waals surface area contributed by atoms with E-state index in [1.54, 1.807) is 12.1 Å². The van der Waals surface area contributed by atoms with Gasteiger partial charge in [0, 0.05) is 23.3 Å². The van der Waals surface area contributed by atoms with Gasteiger partial charge in [-0.05, 0) is 41.3 Å². The summed E-state index contributed by atoms with van der Waals surface area (Å²) in [6.45, 7) is 6.28. The van der Waals surface area contributed by atoms with Gasteiger partial charge in [0.05, 0.1) is 10.5 Å². The molecule has 5 nitrogen and oxygen atoms in total. The molecule has 1 aliphatic rings. The molecule has 140 valence electrons. The van der Waals surface area contributed by atoms with Crippen LogP contribution in [-0.4, -0.2) is 4.92 Å². The Morgan fingerprint density at radius 1 is 1.14 bits per heavy atom. The Balaban J connectivity index is 2.16. The van der Waals surface area contributed by atoms with E-state index in [0.29, 0.717) is 22.6 Å². The lowest BCUT2D eigenvalue weighted by molar-refractivity contribution is -0.384. The molecule has 28 heavy (non-hydrogen) atoms.